The van der Waals surface area contributed by atoms with Crippen LogP contribution in [0.4, 0.5) is 0 Å². The zero-order valence-corrected chi connectivity index (χ0v) is 15.5. The van der Waals surface area contributed by atoms with Gasteiger partial charge < -0.3 is 15.4 Å². The number of nitrogens with one attached hydrogen (secondary N) is 2. The van der Waals surface area contributed by atoms with E-state index in [0.717, 1.165) is 41.6 Å². The third kappa shape index (κ3) is 5.73. The normalized spacial score (nSPS) is 11.7. The standard InChI is InChI=1S/C18H32N4O/c1-7-15(8-2)11-21-18(19-9-3)22-12-16-14(5)17(23-6)13(4)10-20-16/h10,15H,7-9,11-12H2,1-6H3,(H2,19,21,22). The number of ether oxygens (including phenoxy) is 1. The molecule has 0 saturated heterocycles. The van der Waals surface area contributed by atoms with Crippen molar-refractivity contribution >= 4 is 5.96 Å². The molecule has 0 spiro atoms. The average Bonchev–Trinajstić information content (AvgIpc) is 2.55. The van der Waals surface area contributed by atoms with Gasteiger partial charge in [-0.1, -0.05) is 26.7 Å². The minimum atomic E-state index is 0.542. The van der Waals surface area contributed by atoms with Gasteiger partial charge in [0.2, 0.25) is 0 Å². The highest BCUT2D eigenvalue weighted by Crippen LogP contribution is 2.24. The van der Waals surface area contributed by atoms with Crippen molar-refractivity contribution in [3.8, 4) is 5.75 Å². The predicted molar refractivity (Wildman–Crippen MR) is 97.2 cm³/mol. The van der Waals surface area contributed by atoms with E-state index in [0.29, 0.717) is 12.5 Å². The molecule has 5 heteroatoms. The molecule has 0 bridgehead atoms. The number of aliphatic imine (C=N–C) groups is 1. The molecule has 130 valence electrons. The van der Waals surface area contributed by atoms with Crippen LogP contribution < -0.4 is 15.4 Å². The molecule has 1 heterocycles. The van der Waals surface area contributed by atoms with E-state index in [4.69, 9.17) is 4.74 Å². The van der Waals surface area contributed by atoms with Gasteiger partial charge in [0, 0.05) is 30.4 Å². The quantitative estimate of drug-likeness (QED) is 0.570. The summed E-state index contributed by atoms with van der Waals surface area (Å²) in [5, 5.41) is 6.73. The monoisotopic (exact) mass is 320 g/mol. The number of pyridine rings is 1. The van der Waals surface area contributed by atoms with Crippen molar-refractivity contribution in [2.75, 3.05) is 20.2 Å². The molecule has 2 N–H and O–H groups in total. The van der Waals surface area contributed by atoms with Crippen LogP contribution in [0.2, 0.25) is 0 Å². The molecular weight excluding hydrogens is 288 g/mol. The smallest absolute Gasteiger partial charge is 0.191 e. The Bertz CT molecular complexity index is 510. The lowest BCUT2D eigenvalue weighted by atomic mass is 10.0. The Kier molecular flexibility index (Phi) is 8.45. The third-order valence-electron chi connectivity index (χ3n) is 4.19. The Morgan fingerprint density at radius 1 is 1.22 bits per heavy atom. The summed E-state index contributed by atoms with van der Waals surface area (Å²) in [5.74, 6) is 2.43. The minimum absolute atomic E-state index is 0.542. The Morgan fingerprint density at radius 3 is 2.48 bits per heavy atom. The fourth-order valence-electron chi connectivity index (χ4n) is 2.54. The number of methoxy groups -OCH3 is 1. The number of hydrogen-bond acceptors (Lipinski definition) is 3. The molecule has 0 radical (unpaired) electrons. The number of aryl methyl sites for hydroxylation is 1. The number of rotatable bonds is 8. The molecule has 1 rings (SSSR count). The van der Waals surface area contributed by atoms with Crippen LogP contribution in [0.25, 0.3) is 0 Å². The predicted octanol–water partition coefficient (Wildman–Crippen LogP) is 3.20. The molecule has 0 saturated carbocycles. The van der Waals surface area contributed by atoms with Crippen LogP contribution in [-0.4, -0.2) is 31.1 Å². The molecular formula is C18H32N4O. The Morgan fingerprint density at radius 2 is 1.91 bits per heavy atom. The molecule has 0 unspecified atom stereocenters. The van der Waals surface area contributed by atoms with Gasteiger partial charge in [-0.3, -0.25) is 4.98 Å². The zero-order valence-electron chi connectivity index (χ0n) is 15.5. The molecule has 0 aliphatic rings. The first-order chi connectivity index (χ1) is 11.1. The Labute approximate surface area is 141 Å². The molecule has 0 fully saturated rings. The van der Waals surface area contributed by atoms with Crippen LogP contribution in [0, 0.1) is 19.8 Å². The van der Waals surface area contributed by atoms with E-state index in [1.807, 2.05) is 20.0 Å². The van der Waals surface area contributed by atoms with Gasteiger partial charge in [0.1, 0.15) is 5.75 Å². The van der Waals surface area contributed by atoms with E-state index in [-0.39, 0.29) is 0 Å². The minimum Gasteiger partial charge on any atom is -0.496 e. The van der Waals surface area contributed by atoms with E-state index >= 15 is 0 Å². The second-order valence-electron chi connectivity index (χ2n) is 5.80. The van der Waals surface area contributed by atoms with Crippen molar-refractivity contribution in [2.45, 2.75) is 54.0 Å². The molecule has 1 aromatic heterocycles. The van der Waals surface area contributed by atoms with E-state index in [1.54, 1.807) is 7.11 Å². The maximum atomic E-state index is 5.46. The first kappa shape index (κ1) is 19.3. The van der Waals surface area contributed by atoms with E-state index in [9.17, 15) is 0 Å². The fraction of sp³-hybridized carbons (Fsp3) is 0.667. The highest BCUT2D eigenvalue weighted by molar-refractivity contribution is 5.79. The van der Waals surface area contributed by atoms with Crippen LogP contribution in [0.15, 0.2) is 11.2 Å². The molecule has 23 heavy (non-hydrogen) atoms. The molecule has 0 aromatic carbocycles. The molecule has 5 nitrogen and oxygen atoms in total. The highest BCUT2D eigenvalue weighted by atomic mass is 16.5. The van der Waals surface area contributed by atoms with Gasteiger partial charge in [-0.05, 0) is 26.7 Å². The first-order valence-electron chi connectivity index (χ1n) is 8.58. The number of nitrogens with zero attached hydrogens (tertiary/aromatic N) is 2. The summed E-state index contributed by atoms with van der Waals surface area (Å²) >= 11 is 0. The van der Waals surface area contributed by atoms with Gasteiger partial charge in [0.15, 0.2) is 5.96 Å². The van der Waals surface area contributed by atoms with E-state index in [2.05, 4.69) is 41.4 Å². The zero-order chi connectivity index (χ0) is 17.2. The third-order valence-corrected chi connectivity index (χ3v) is 4.19. The topological polar surface area (TPSA) is 58.5 Å². The summed E-state index contributed by atoms with van der Waals surface area (Å²) in [6, 6.07) is 0. The SMILES string of the molecule is CCNC(=NCc1ncc(C)c(OC)c1C)NCC(CC)CC. The van der Waals surface area contributed by atoms with Crippen LogP contribution >= 0.6 is 0 Å². The maximum absolute atomic E-state index is 5.46. The summed E-state index contributed by atoms with van der Waals surface area (Å²) in [4.78, 5) is 9.17. The number of aromatic nitrogens is 1. The lowest BCUT2D eigenvalue weighted by molar-refractivity contribution is 0.407. The van der Waals surface area contributed by atoms with Crippen molar-refractivity contribution in [3.63, 3.8) is 0 Å². The van der Waals surface area contributed by atoms with E-state index < -0.39 is 0 Å². The summed E-state index contributed by atoms with van der Waals surface area (Å²) in [6.07, 6.45) is 4.21. The Hall–Kier alpha value is -1.78. The van der Waals surface area contributed by atoms with Crippen LogP contribution in [0.1, 0.15) is 50.4 Å². The summed E-state index contributed by atoms with van der Waals surface area (Å²) in [7, 11) is 1.70. The van der Waals surface area contributed by atoms with Crippen molar-refractivity contribution < 1.29 is 4.74 Å². The fourth-order valence-corrected chi connectivity index (χ4v) is 2.54. The molecule has 0 amide bonds. The second kappa shape index (κ2) is 10.1. The molecule has 0 aliphatic carbocycles. The largest absolute Gasteiger partial charge is 0.496 e. The lowest BCUT2D eigenvalue weighted by Crippen LogP contribution is -2.39. The van der Waals surface area contributed by atoms with Crippen LogP contribution in [-0.2, 0) is 6.54 Å². The van der Waals surface area contributed by atoms with Gasteiger partial charge in [-0.25, -0.2) is 4.99 Å². The highest BCUT2D eigenvalue weighted by Gasteiger charge is 2.10. The van der Waals surface area contributed by atoms with Crippen LogP contribution in [0.5, 0.6) is 5.75 Å². The second-order valence-corrected chi connectivity index (χ2v) is 5.80. The average molecular weight is 320 g/mol. The van der Waals surface area contributed by atoms with Gasteiger partial charge >= 0.3 is 0 Å². The molecule has 0 atom stereocenters. The van der Waals surface area contributed by atoms with E-state index in [1.165, 1.54) is 12.8 Å². The van der Waals surface area contributed by atoms with Crippen molar-refractivity contribution in [3.05, 3.63) is 23.0 Å². The number of guanidine groups is 1. The van der Waals surface area contributed by atoms with Crippen molar-refractivity contribution in [1.82, 2.24) is 15.6 Å². The van der Waals surface area contributed by atoms with Gasteiger partial charge in [0.05, 0.1) is 19.3 Å². The summed E-state index contributed by atoms with van der Waals surface area (Å²) in [6.45, 7) is 12.9. The van der Waals surface area contributed by atoms with Gasteiger partial charge in [-0.15, -0.1) is 0 Å². The molecule has 1 aromatic rings. The number of hydrogen-bond donors (Lipinski definition) is 2. The maximum Gasteiger partial charge on any atom is 0.191 e. The van der Waals surface area contributed by atoms with Gasteiger partial charge in [0.25, 0.3) is 0 Å². The molecule has 0 aliphatic heterocycles. The van der Waals surface area contributed by atoms with Crippen LogP contribution in [0.3, 0.4) is 0 Å². The summed E-state index contributed by atoms with van der Waals surface area (Å²) in [5.41, 5.74) is 3.07. The van der Waals surface area contributed by atoms with Crippen molar-refractivity contribution in [1.29, 1.82) is 0 Å². The van der Waals surface area contributed by atoms with Gasteiger partial charge in [-0.2, -0.15) is 0 Å². The summed E-state index contributed by atoms with van der Waals surface area (Å²) < 4.78 is 5.46. The lowest BCUT2D eigenvalue weighted by Gasteiger charge is -2.17. The first-order valence-corrected chi connectivity index (χ1v) is 8.58. The van der Waals surface area contributed by atoms with Crippen molar-refractivity contribution in [2.24, 2.45) is 10.9 Å². The Balaban J connectivity index is 2.81.